The average Bonchev–Trinajstić information content (AvgIpc) is 2.73. The molecule has 0 saturated carbocycles. The lowest BCUT2D eigenvalue weighted by Crippen LogP contribution is -2.47. The summed E-state index contributed by atoms with van der Waals surface area (Å²) in [7, 11) is 1.70. The highest BCUT2D eigenvalue weighted by Gasteiger charge is 2.21. The van der Waals surface area contributed by atoms with E-state index in [0.717, 1.165) is 49.9 Å². The number of hydrogen-bond donors (Lipinski definition) is 1. The van der Waals surface area contributed by atoms with Gasteiger partial charge in [-0.15, -0.1) is 0 Å². The van der Waals surface area contributed by atoms with Gasteiger partial charge in [-0.3, -0.25) is 4.79 Å². The molecule has 1 N–H and O–H groups in total. The second kappa shape index (κ2) is 8.70. The zero-order chi connectivity index (χ0) is 19.2. The Kier molecular flexibility index (Phi) is 6.11. The maximum atomic E-state index is 12.3. The first-order chi connectivity index (χ1) is 13.1. The van der Waals surface area contributed by atoms with Crippen molar-refractivity contribution in [3.8, 4) is 5.75 Å². The van der Waals surface area contributed by atoms with Crippen LogP contribution in [0.15, 0.2) is 36.7 Å². The number of aromatic nitrogens is 2. The van der Waals surface area contributed by atoms with Gasteiger partial charge in [0.2, 0.25) is 0 Å². The normalized spacial score (nSPS) is 15.4. The van der Waals surface area contributed by atoms with Crippen molar-refractivity contribution in [3.63, 3.8) is 0 Å². The summed E-state index contributed by atoms with van der Waals surface area (Å²) in [5.41, 5.74) is 1.52. The Morgan fingerprint density at radius 2 is 1.89 bits per heavy atom. The standard InChI is InChI=1S/C20H27N5O2/c1-4-15(2)23-20(26)16-13-19(22-14-21-16)25-11-9-24(10-12-25)17-7-5-6-8-18(17)27-3/h5-8,13-15H,4,9-12H2,1-3H3,(H,23,26). The number of methoxy groups -OCH3 is 1. The number of hydrogen-bond acceptors (Lipinski definition) is 6. The van der Waals surface area contributed by atoms with Gasteiger partial charge in [-0.2, -0.15) is 0 Å². The van der Waals surface area contributed by atoms with Crippen LogP contribution in [-0.4, -0.2) is 55.2 Å². The van der Waals surface area contributed by atoms with Crippen LogP contribution < -0.4 is 19.9 Å². The van der Waals surface area contributed by atoms with Gasteiger partial charge in [0.1, 0.15) is 23.6 Å². The van der Waals surface area contributed by atoms with Crippen LogP contribution in [0.3, 0.4) is 0 Å². The maximum absolute atomic E-state index is 12.3. The van der Waals surface area contributed by atoms with E-state index in [0.29, 0.717) is 5.69 Å². The van der Waals surface area contributed by atoms with Crippen LogP contribution in [0.4, 0.5) is 11.5 Å². The highest BCUT2D eigenvalue weighted by molar-refractivity contribution is 5.93. The molecule has 1 aromatic carbocycles. The van der Waals surface area contributed by atoms with Crippen molar-refractivity contribution in [2.75, 3.05) is 43.1 Å². The van der Waals surface area contributed by atoms with Crippen LogP contribution in [0.1, 0.15) is 30.8 Å². The molecule has 1 amide bonds. The van der Waals surface area contributed by atoms with Gasteiger partial charge in [-0.25, -0.2) is 9.97 Å². The molecule has 1 aromatic heterocycles. The third-order valence-corrected chi connectivity index (χ3v) is 4.90. The van der Waals surface area contributed by atoms with Crippen molar-refractivity contribution < 1.29 is 9.53 Å². The molecular formula is C20H27N5O2. The van der Waals surface area contributed by atoms with Crippen molar-refractivity contribution in [2.45, 2.75) is 26.3 Å². The Morgan fingerprint density at radius 3 is 2.59 bits per heavy atom. The van der Waals surface area contributed by atoms with Crippen LogP contribution in [-0.2, 0) is 0 Å². The summed E-state index contributed by atoms with van der Waals surface area (Å²) in [6.07, 6.45) is 2.35. The molecule has 7 heteroatoms. The highest BCUT2D eigenvalue weighted by Crippen LogP contribution is 2.28. The molecule has 2 heterocycles. The minimum atomic E-state index is -0.152. The predicted molar refractivity (Wildman–Crippen MR) is 107 cm³/mol. The van der Waals surface area contributed by atoms with Crippen LogP contribution in [0.2, 0.25) is 0 Å². The smallest absolute Gasteiger partial charge is 0.270 e. The van der Waals surface area contributed by atoms with E-state index in [-0.39, 0.29) is 11.9 Å². The third-order valence-electron chi connectivity index (χ3n) is 4.90. The van der Waals surface area contributed by atoms with Gasteiger partial charge in [-0.1, -0.05) is 19.1 Å². The van der Waals surface area contributed by atoms with Crippen LogP contribution >= 0.6 is 0 Å². The second-order valence-electron chi connectivity index (χ2n) is 6.69. The lowest BCUT2D eigenvalue weighted by molar-refractivity contribution is 0.0934. The number of benzene rings is 1. The zero-order valence-corrected chi connectivity index (χ0v) is 16.2. The molecule has 0 aliphatic carbocycles. The molecule has 3 rings (SSSR count). The number of carbonyl (C=O) groups is 1. The Hall–Kier alpha value is -2.83. The molecule has 2 aromatic rings. The van der Waals surface area contributed by atoms with E-state index in [1.807, 2.05) is 32.0 Å². The number of nitrogens with zero attached hydrogens (tertiary/aromatic N) is 4. The molecule has 1 saturated heterocycles. The lowest BCUT2D eigenvalue weighted by Gasteiger charge is -2.37. The fourth-order valence-corrected chi connectivity index (χ4v) is 3.11. The lowest BCUT2D eigenvalue weighted by atomic mass is 10.2. The minimum absolute atomic E-state index is 0.125. The topological polar surface area (TPSA) is 70.6 Å². The van der Waals surface area contributed by atoms with Crippen LogP contribution in [0.5, 0.6) is 5.75 Å². The fraction of sp³-hybridized carbons (Fsp3) is 0.450. The number of nitrogens with one attached hydrogen (secondary N) is 1. The summed E-state index contributed by atoms with van der Waals surface area (Å²) < 4.78 is 5.47. The molecule has 1 aliphatic heterocycles. The first-order valence-corrected chi connectivity index (χ1v) is 9.38. The summed E-state index contributed by atoms with van der Waals surface area (Å²) in [6.45, 7) is 7.38. The zero-order valence-electron chi connectivity index (χ0n) is 16.2. The highest BCUT2D eigenvalue weighted by atomic mass is 16.5. The third kappa shape index (κ3) is 4.48. The van der Waals surface area contributed by atoms with E-state index >= 15 is 0 Å². The Bertz CT molecular complexity index is 774. The number of rotatable bonds is 6. The largest absolute Gasteiger partial charge is 0.495 e. The van der Waals surface area contributed by atoms with E-state index in [1.54, 1.807) is 13.2 Å². The molecular weight excluding hydrogens is 342 g/mol. The molecule has 7 nitrogen and oxygen atoms in total. The van der Waals surface area contributed by atoms with Crippen LogP contribution in [0, 0.1) is 0 Å². The minimum Gasteiger partial charge on any atom is -0.495 e. The fourth-order valence-electron chi connectivity index (χ4n) is 3.11. The molecule has 0 radical (unpaired) electrons. The molecule has 0 spiro atoms. The van der Waals surface area contributed by atoms with Gasteiger partial charge in [0.05, 0.1) is 12.8 Å². The van der Waals surface area contributed by atoms with Gasteiger partial charge in [0, 0.05) is 38.3 Å². The summed E-state index contributed by atoms with van der Waals surface area (Å²) in [6, 6.07) is 9.96. The first kappa shape index (κ1) is 18.9. The van der Waals surface area contributed by atoms with Crippen molar-refractivity contribution in [1.29, 1.82) is 0 Å². The van der Waals surface area contributed by atoms with Gasteiger partial charge in [0.15, 0.2) is 0 Å². The summed E-state index contributed by atoms with van der Waals surface area (Å²) in [5.74, 6) is 1.52. The van der Waals surface area contributed by atoms with Gasteiger partial charge < -0.3 is 19.9 Å². The molecule has 27 heavy (non-hydrogen) atoms. The summed E-state index contributed by atoms with van der Waals surface area (Å²) in [5, 5.41) is 2.95. The van der Waals surface area contributed by atoms with E-state index in [2.05, 4.69) is 31.2 Å². The van der Waals surface area contributed by atoms with Crippen molar-refractivity contribution in [3.05, 3.63) is 42.4 Å². The average molecular weight is 369 g/mol. The van der Waals surface area contributed by atoms with E-state index in [1.165, 1.54) is 6.33 Å². The number of carbonyl (C=O) groups excluding carboxylic acids is 1. The van der Waals surface area contributed by atoms with Crippen LogP contribution in [0.25, 0.3) is 0 Å². The molecule has 144 valence electrons. The second-order valence-corrected chi connectivity index (χ2v) is 6.69. The van der Waals surface area contributed by atoms with Gasteiger partial charge in [0.25, 0.3) is 5.91 Å². The molecule has 1 fully saturated rings. The number of anilines is 2. The summed E-state index contributed by atoms with van der Waals surface area (Å²) in [4.78, 5) is 25.3. The number of piperazine rings is 1. The quantitative estimate of drug-likeness (QED) is 0.843. The number of ether oxygens (including phenoxy) is 1. The molecule has 1 atom stereocenters. The van der Waals surface area contributed by atoms with Crippen molar-refractivity contribution >= 4 is 17.4 Å². The molecule has 0 bridgehead atoms. The van der Waals surface area contributed by atoms with Crippen molar-refractivity contribution in [2.24, 2.45) is 0 Å². The first-order valence-electron chi connectivity index (χ1n) is 9.38. The van der Waals surface area contributed by atoms with E-state index in [9.17, 15) is 4.79 Å². The maximum Gasteiger partial charge on any atom is 0.270 e. The van der Waals surface area contributed by atoms with E-state index < -0.39 is 0 Å². The summed E-state index contributed by atoms with van der Waals surface area (Å²) >= 11 is 0. The van der Waals surface area contributed by atoms with Gasteiger partial charge >= 0.3 is 0 Å². The Balaban J connectivity index is 1.66. The SMILES string of the molecule is CCC(C)NC(=O)c1cc(N2CCN(c3ccccc3OC)CC2)ncn1. The monoisotopic (exact) mass is 369 g/mol. The molecule has 1 aliphatic rings. The Labute approximate surface area is 160 Å². The van der Waals surface area contributed by atoms with E-state index in [4.69, 9.17) is 4.74 Å². The molecule has 1 unspecified atom stereocenters. The van der Waals surface area contributed by atoms with Crippen molar-refractivity contribution in [1.82, 2.24) is 15.3 Å². The number of para-hydroxylation sites is 2. The number of amides is 1. The predicted octanol–water partition coefficient (Wildman–Crippen LogP) is 2.34. The Morgan fingerprint density at radius 1 is 1.19 bits per heavy atom. The van der Waals surface area contributed by atoms with Gasteiger partial charge in [-0.05, 0) is 25.5 Å².